The van der Waals surface area contributed by atoms with Crippen molar-refractivity contribution in [3.05, 3.63) is 52.8 Å². The molecule has 0 fully saturated rings. The first kappa shape index (κ1) is 12.0. The van der Waals surface area contributed by atoms with E-state index in [0.717, 1.165) is 5.56 Å². The fraction of sp³-hybridized carbons (Fsp3) is 0.0714. The summed E-state index contributed by atoms with van der Waals surface area (Å²) in [6, 6.07) is 10.1. The lowest BCUT2D eigenvalue weighted by Gasteiger charge is -2.08. The van der Waals surface area contributed by atoms with Gasteiger partial charge in [-0.2, -0.15) is 0 Å². The first-order valence-corrected chi connectivity index (χ1v) is 6.14. The van der Waals surface area contributed by atoms with Gasteiger partial charge in [-0.25, -0.2) is 9.37 Å². The van der Waals surface area contributed by atoms with Gasteiger partial charge in [0.2, 0.25) is 5.95 Å². The molecule has 0 radical (unpaired) electrons. The normalized spacial score (nSPS) is 11.1. The van der Waals surface area contributed by atoms with Crippen molar-refractivity contribution < 1.29 is 4.39 Å². The molecule has 0 unspecified atom stereocenters. The van der Waals surface area contributed by atoms with Gasteiger partial charge in [-0.05, 0) is 42.8 Å². The molecular formula is C14H11ClFN3. The number of imidazole rings is 1. The van der Waals surface area contributed by atoms with Crippen LogP contribution in [0.5, 0.6) is 0 Å². The predicted molar refractivity (Wildman–Crippen MR) is 75.2 cm³/mol. The van der Waals surface area contributed by atoms with Gasteiger partial charge in [0.25, 0.3) is 0 Å². The van der Waals surface area contributed by atoms with Crippen LogP contribution < -0.4 is 5.73 Å². The summed E-state index contributed by atoms with van der Waals surface area (Å²) in [4.78, 5) is 4.24. The number of anilines is 1. The molecule has 0 aliphatic rings. The van der Waals surface area contributed by atoms with E-state index in [0.29, 0.717) is 21.7 Å². The maximum Gasteiger partial charge on any atom is 0.205 e. The van der Waals surface area contributed by atoms with E-state index < -0.39 is 0 Å². The fourth-order valence-electron chi connectivity index (χ4n) is 2.21. The van der Waals surface area contributed by atoms with Crippen molar-refractivity contribution in [2.75, 3.05) is 5.73 Å². The smallest absolute Gasteiger partial charge is 0.205 e. The van der Waals surface area contributed by atoms with Crippen LogP contribution in [0.2, 0.25) is 5.02 Å². The second-order valence-electron chi connectivity index (χ2n) is 4.40. The van der Waals surface area contributed by atoms with Gasteiger partial charge >= 0.3 is 0 Å². The molecule has 96 valence electrons. The second-order valence-corrected chi connectivity index (χ2v) is 4.81. The van der Waals surface area contributed by atoms with Crippen LogP contribution in [0.3, 0.4) is 0 Å². The van der Waals surface area contributed by atoms with Crippen LogP contribution in [-0.2, 0) is 0 Å². The van der Waals surface area contributed by atoms with Gasteiger partial charge in [-0.1, -0.05) is 17.7 Å². The number of aryl methyl sites for hydroxylation is 1. The van der Waals surface area contributed by atoms with Crippen molar-refractivity contribution in [1.29, 1.82) is 0 Å². The molecule has 2 aromatic carbocycles. The summed E-state index contributed by atoms with van der Waals surface area (Å²) in [5, 5.41) is 0.531. The molecule has 0 amide bonds. The maximum atomic E-state index is 13.5. The first-order chi connectivity index (χ1) is 9.06. The lowest BCUT2D eigenvalue weighted by molar-refractivity contribution is 0.625. The zero-order valence-electron chi connectivity index (χ0n) is 10.2. The molecule has 3 rings (SSSR count). The zero-order valence-corrected chi connectivity index (χ0v) is 10.9. The van der Waals surface area contributed by atoms with Crippen LogP contribution >= 0.6 is 11.6 Å². The number of nitrogen functional groups attached to an aromatic ring is 1. The Morgan fingerprint density at radius 2 is 2.05 bits per heavy atom. The predicted octanol–water partition coefficient (Wildman–Crippen LogP) is 3.71. The molecule has 0 atom stereocenters. The van der Waals surface area contributed by atoms with Gasteiger partial charge in [0.1, 0.15) is 5.82 Å². The molecule has 3 aromatic rings. The summed E-state index contributed by atoms with van der Waals surface area (Å²) in [5.41, 5.74) is 8.72. The average Bonchev–Trinajstić information content (AvgIpc) is 2.65. The van der Waals surface area contributed by atoms with Crippen LogP contribution in [-0.4, -0.2) is 9.55 Å². The third kappa shape index (κ3) is 1.94. The SMILES string of the molecule is Cc1cc(F)cc(-n2c(N)nc3cccc(Cl)c32)c1. The molecule has 2 N–H and O–H groups in total. The number of para-hydroxylation sites is 1. The number of benzene rings is 2. The van der Waals surface area contributed by atoms with Crippen LogP contribution in [0.25, 0.3) is 16.7 Å². The summed E-state index contributed by atoms with van der Waals surface area (Å²) >= 11 is 6.19. The maximum absolute atomic E-state index is 13.5. The Balaban J connectivity index is 2.38. The Morgan fingerprint density at radius 3 is 2.79 bits per heavy atom. The fourth-order valence-corrected chi connectivity index (χ4v) is 2.47. The molecule has 1 heterocycles. The lowest BCUT2D eigenvalue weighted by atomic mass is 10.2. The minimum absolute atomic E-state index is 0.285. The second kappa shape index (κ2) is 4.24. The van der Waals surface area contributed by atoms with E-state index in [1.165, 1.54) is 12.1 Å². The van der Waals surface area contributed by atoms with Gasteiger partial charge in [-0.15, -0.1) is 0 Å². The van der Waals surface area contributed by atoms with E-state index >= 15 is 0 Å². The number of halogens is 2. The van der Waals surface area contributed by atoms with Crippen LogP contribution in [0.15, 0.2) is 36.4 Å². The van der Waals surface area contributed by atoms with Crippen molar-refractivity contribution in [2.45, 2.75) is 6.92 Å². The summed E-state index contributed by atoms with van der Waals surface area (Å²) in [6.45, 7) is 1.82. The van der Waals surface area contributed by atoms with Gasteiger partial charge < -0.3 is 5.73 Å². The Labute approximate surface area is 114 Å². The standard InChI is InChI=1S/C14H11ClFN3/c1-8-5-9(16)7-10(6-8)19-13-11(15)3-2-4-12(13)18-14(19)17/h2-7H,1H3,(H2,17,18). The number of nitrogens with two attached hydrogens (primary N) is 1. The number of hydrogen-bond donors (Lipinski definition) is 1. The van der Waals surface area contributed by atoms with Crippen molar-refractivity contribution in [3.63, 3.8) is 0 Å². The molecule has 5 heteroatoms. The van der Waals surface area contributed by atoms with E-state index in [-0.39, 0.29) is 11.8 Å². The number of hydrogen-bond acceptors (Lipinski definition) is 2. The number of rotatable bonds is 1. The topological polar surface area (TPSA) is 43.8 Å². The lowest BCUT2D eigenvalue weighted by Crippen LogP contribution is -2.01. The van der Waals surface area contributed by atoms with Gasteiger partial charge in [0.15, 0.2) is 0 Å². The highest BCUT2D eigenvalue weighted by Gasteiger charge is 2.13. The van der Waals surface area contributed by atoms with Crippen molar-refractivity contribution >= 4 is 28.6 Å². The van der Waals surface area contributed by atoms with Crippen LogP contribution in [0, 0.1) is 12.7 Å². The van der Waals surface area contributed by atoms with E-state index in [9.17, 15) is 4.39 Å². The van der Waals surface area contributed by atoms with E-state index in [1.54, 1.807) is 16.7 Å². The summed E-state index contributed by atoms with van der Waals surface area (Å²) in [6.07, 6.45) is 0. The van der Waals surface area contributed by atoms with Gasteiger partial charge in [-0.3, -0.25) is 4.57 Å². The molecule has 0 saturated carbocycles. The minimum atomic E-state index is -0.316. The number of aromatic nitrogens is 2. The highest BCUT2D eigenvalue weighted by atomic mass is 35.5. The average molecular weight is 276 g/mol. The molecule has 0 aliphatic carbocycles. The number of fused-ring (bicyclic) bond motifs is 1. The van der Waals surface area contributed by atoms with E-state index in [1.807, 2.05) is 19.1 Å². The highest BCUT2D eigenvalue weighted by molar-refractivity contribution is 6.35. The largest absolute Gasteiger partial charge is 0.369 e. The first-order valence-electron chi connectivity index (χ1n) is 5.76. The third-order valence-corrected chi connectivity index (χ3v) is 3.24. The quantitative estimate of drug-likeness (QED) is 0.736. The zero-order chi connectivity index (χ0) is 13.6. The van der Waals surface area contributed by atoms with Gasteiger partial charge in [0.05, 0.1) is 21.7 Å². The number of nitrogens with zero attached hydrogens (tertiary/aromatic N) is 2. The van der Waals surface area contributed by atoms with Crippen molar-refractivity contribution in [2.24, 2.45) is 0 Å². The highest BCUT2D eigenvalue weighted by Crippen LogP contribution is 2.29. The molecule has 0 bridgehead atoms. The molecule has 1 aromatic heterocycles. The Hall–Kier alpha value is -2.07. The Morgan fingerprint density at radius 1 is 1.26 bits per heavy atom. The van der Waals surface area contributed by atoms with E-state index in [4.69, 9.17) is 17.3 Å². The summed E-state index contributed by atoms with van der Waals surface area (Å²) in [7, 11) is 0. The third-order valence-electron chi connectivity index (χ3n) is 2.94. The molecule has 19 heavy (non-hydrogen) atoms. The van der Waals surface area contributed by atoms with E-state index in [2.05, 4.69) is 4.98 Å². The molecule has 0 aliphatic heterocycles. The molecular weight excluding hydrogens is 265 g/mol. The molecule has 0 saturated heterocycles. The summed E-state index contributed by atoms with van der Waals surface area (Å²) < 4.78 is 15.2. The Kier molecular flexibility index (Phi) is 2.68. The monoisotopic (exact) mass is 275 g/mol. The van der Waals surface area contributed by atoms with Crippen molar-refractivity contribution in [1.82, 2.24) is 9.55 Å². The van der Waals surface area contributed by atoms with Crippen molar-refractivity contribution in [3.8, 4) is 5.69 Å². The minimum Gasteiger partial charge on any atom is -0.369 e. The van der Waals surface area contributed by atoms with Crippen LogP contribution in [0.4, 0.5) is 10.3 Å². The summed E-state index contributed by atoms with van der Waals surface area (Å²) in [5.74, 6) is -0.0311. The van der Waals surface area contributed by atoms with Crippen LogP contribution in [0.1, 0.15) is 5.56 Å². The molecule has 3 nitrogen and oxygen atoms in total. The molecule has 0 spiro atoms. The van der Waals surface area contributed by atoms with Gasteiger partial charge in [0, 0.05) is 0 Å². The Bertz CT molecular complexity index is 759.